The average Bonchev–Trinajstić information content (AvgIpc) is 2.55. The maximum atomic E-state index is 12.9. The highest BCUT2D eigenvalue weighted by Crippen LogP contribution is 2.36. The first-order chi connectivity index (χ1) is 11.3. The Bertz CT molecular complexity index is 850. The molecule has 130 valence electrons. The van der Waals surface area contributed by atoms with Gasteiger partial charge in [0.2, 0.25) is 0 Å². The number of nitrogens with one attached hydrogen (secondary N) is 1. The Labute approximate surface area is 151 Å². The van der Waals surface area contributed by atoms with Crippen LogP contribution in [-0.2, 0) is 16.4 Å². The van der Waals surface area contributed by atoms with Crippen molar-refractivity contribution in [2.75, 3.05) is 18.9 Å². The van der Waals surface area contributed by atoms with Crippen molar-refractivity contribution >= 4 is 31.6 Å². The van der Waals surface area contributed by atoms with Crippen LogP contribution < -0.4 is 14.2 Å². The molecule has 0 atom stereocenters. The molecule has 5 nitrogen and oxygen atoms in total. The van der Waals surface area contributed by atoms with Crippen LogP contribution in [0.1, 0.15) is 18.1 Å². The molecule has 24 heavy (non-hydrogen) atoms. The van der Waals surface area contributed by atoms with E-state index in [0.29, 0.717) is 21.7 Å². The van der Waals surface area contributed by atoms with E-state index in [9.17, 15) is 8.42 Å². The van der Waals surface area contributed by atoms with E-state index in [0.717, 1.165) is 17.5 Å². The van der Waals surface area contributed by atoms with Crippen LogP contribution in [-0.4, -0.2) is 22.6 Å². The van der Waals surface area contributed by atoms with E-state index in [1.54, 1.807) is 6.07 Å². The molecule has 7 heteroatoms. The van der Waals surface area contributed by atoms with Gasteiger partial charge in [0.25, 0.3) is 10.0 Å². The smallest absolute Gasteiger partial charge is 0.263 e. The molecule has 0 amide bonds. The van der Waals surface area contributed by atoms with E-state index in [2.05, 4.69) is 20.7 Å². The predicted molar refractivity (Wildman–Crippen MR) is 98.6 cm³/mol. The van der Waals surface area contributed by atoms with E-state index in [4.69, 9.17) is 9.47 Å². The van der Waals surface area contributed by atoms with Crippen LogP contribution >= 0.6 is 15.9 Å². The third-order valence-corrected chi connectivity index (χ3v) is 6.01. The molecule has 0 fully saturated rings. The van der Waals surface area contributed by atoms with E-state index in [-0.39, 0.29) is 4.90 Å². The van der Waals surface area contributed by atoms with Gasteiger partial charge in [-0.3, -0.25) is 4.72 Å². The van der Waals surface area contributed by atoms with E-state index in [1.807, 2.05) is 32.0 Å². The molecule has 0 spiro atoms. The highest BCUT2D eigenvalue weighted by molar-refractivity contribution is 9.10. The number of para-hydroxylation sites is 1. The molecule has 0 heterocycles. The number of sulfonamides is 1. The number of benzene rings is 2. The first kappa shape index (κ1) is 18.6. The minimum atomic E-state index is -3.79. The summed E-state index contributed by atoms with van der Waals surface area (Å²) in [6, 6.07) is 8.72. The molecule has 0 saturated heterocycles. The summed E-state index contributed by atoms with van der Waals surface area (Å²) in [7, 11) is -0.827. The second-order valence-electron chi connectivity index (χ2n) is 5.21. The number of rotatable bonds is 6. The molecular formula is C17H20BrNO4S. The zero-order valence-corrected chi connectivity index (χ0v) is 16.4. The van der Waals surface area contributed by atoms with Crippen LogP contribution in [0.4, 0.5) is 5.69 Å². The summed E-state index contributed by atoms with van der Waals surface area (Å²) in [6.45, 7) is 3.86. The Morgan fingerprint density at radius 1 is 1.12 bits per heavy atom. The molecule has 2 aromatic rings. The maximum Gasteiger partial charge on any atom is 0.263 e. The summed E-state index contributed by atoms with van der Waals surface area (Å²) >= 11 is 3.30. The van der Waals surface area contributed by atoms with Crippen LogP contribution in [0.15, 0.2) is 39.7 Å². The summed E-state index contributed by atoms with van der Waals surface area (Å²) in [5.41, 5.74) is 2.42. The molecule has 0 aliphatic carbocycles. The Balaban J connectivity index is 2.53. The van der Waals surface area contributed by atoms with Gasteiger partial charge < -0.3 is 9.47 Å². The van der Waals surface area contributed by atoms with Crippen molar-refractivity contribution < 1.29 is 17.9 Å². The fraction of sp³-hybridized carbons (Fsp3) is 0.294. The summed E-state index contributed by atoms with van der Waals surface area (Å²) in [5.74, 6) is 0.801. The van der Waals surface area contributed by atoms with Crippen LogP contribution in [0, 0.1) is 6.92 Å². The largest absolute Gasteiger partial charge is 0.493 e. The summed E-state index contributed by atoms with van der Waals surface area (Å²) in [4.78, 5) is 0.0884. The van der Waals surface area contributed by atoms with Gasteiger partial charge in [0.15, 0.2) is 11.5 Å². The lowest BCUT2D eigenvalue weighted by Gasteiger charge is -2.16. The molecule has 0 aliphatic heterocycles. The molecule has 2 aromatic carbocycles. The van der Waals surface area contributed by atoms with Crippen LogP contribution in [0.3, 0.4) is 0 Å². The highest BCUT2D eigenvalue weighted by atomic mass is 79.9. The Morgan fingerprint density at radius 3 is 2.33 bits per heavy atom. The maximum absolute atomic E-state index is 12.9. The minimum Gasteiger partial charge on any atom is -0.493 e. The van der Waals surface area contributed by atoms with Gasteiger partial charge in [0.1, 0.15) is 4.90 Å². The van der Waals surface area contributed by atoms with E-state index >= 15 is 0 Å². The van der Waals surface area contributed by atoms with Crippen molar-refractivity contribution in [1.29, 1.82) is 0 Å². The van der Waals surface area contributed by atoms with Crippen LogP contribution in [0.5, 0.6) is 11.5 Å². The minimum absolute atomic E-state index is 0.0884. The van der Waals surface area contributed by atoms with Crippen molar-refractivity contribution in [2.45, 2.75) is 25.2 Å². The Morgan fingerprint density at radius 2 is 1.75 bits per heavy atom. The quantitative estimate of drug-likeness (QED) is 0.772. The number of hydrogen-bond donors (Lipinski definition) is 1. The summed E-state index contributed by atoms with van der Waals surface area (Å²) in [6.07, 6.45) is 0.729. The highest BCUT2D eigenvalue weighted by Gasteiger charge is 2.22. The van der Waals surface area contributed by atoms with Crippen molar-refractivity contribution in [1.82, 2.24) is 0 Å². The number of ether oxygens (including phenoxy) is 2. The zero-order chi connectivity index (χ0) is 17.9. The summed E-state index contributed by atoms with van der Waals surface area (Å²) in [5, 5.41) is 0. The normalized spacial score (nSPS) is 11.2. The van der Waals surface area contributed by atoms with Crippen molar-refractivity contribution in [3.8, 4) is 11.5 Å². The fourth-order valence-electron chi connectivity index (χ4n) is 2.40. The lowest BCUT2D eigenvalue weighted by Crippen LogP contribution is -2.16. The monoisotopic (exact) mass is 413 g/mol. The molecule has 2 rings (SSSR count). The predicted octanol–water partition coefficient (Wildman–Crippen LogP) is 4.14. The Hall–Kier alpha value is -1.73. The first-order valence-corrected chi connectivity index (χ1v) is 9.64. The van der Waals surface area contributed by atoms with Crippen molar-refractivity contribution in [3.63, 3.8) is 0 Å². The molecule has 0 saturated carbocycles. The molecular weight excluding hydrogens is 394 g/mol. The van der Waals surface area contributed by atoms with Gasteiger partial charge in [0, 0.05) is 10.5 Å². The molecule has 1 N–H and O–H groups in total. The van der Waals surface area contributed by atoms with Gasteiger partial charge in [-0.05, 0) is 46.5 Å². The number of methoxy groups -OCH3 is 2. The molecule has 0 radical (unpaired) electrons. The Kier molecular flexibility index (Phi) is 5.77. The van der Waals surface area contributed by atoms with Crippen LogP contribution in [0.2, 0.25) is 0 Å². The fourth-order valence-corrected chi connectivity index (χ4v) is 4.61. The third kappa shape index (κ3) is 3.67. The topological polar surface area (TPSA) is 64.6 Å². The molecule has 0 aliphatic rings. The van der Waals surface area contributed by atoms with Gasteiger partial charge >= 0.3 is 0 Å². The standard InChI is InChI=1S/C17H20BrNO4S/c1-5-12-8-6-7-11(2)17(12)19-24(20,21)16-10-15(23-4)14(22-3)9-13(16)18/h6-10,19H,5H2,1-4H3. The average molecular weight is 414 g/mol. The third-order valence-electron chi connectivity index (χ3n) is 3.70. The number of halogens is 1. The second-order valence-corrected chi connectivity index (χ2v) is 7.71. The van der Waals surface area contributed by atoms with Crippen molar-refractivity contribution in [3.05, 3.63) is 45.9 Å². The number of aryl methyl sites for hydroxylation is 2. The SMILES string of the molecule is CCc1cccc(C)c1NS(=O)(=O)c1cc(OC)c(OC)cc1Br. The van der Waals surface area contributed by atoms with Gasteiger partial charge in [-0.15, -0.1) is 0 Å². The van der Waals surface area contributed by atoms with E-state index < -0.39 is 10.0 Å². The van der Waals surface area contributed by atoms with Crippen molar-refractivity contribution in [2.24, 2.45) is 0 Å². The van der Waals surface area contributed by atoms with Gasteiger partial charge in [-0.25, -0.2) is 8.42 Å². The van der Waals surface area contributed by atoms with E-state index in [1.165, 1.54) is 20.3 Å². The molecule has 0 aromatic heterocycles. The second kappa shape index (κ2) is 7.44. The lowest BCUT2D eigenvalue weighted by molar-refractivity contribution is 0.353. The zero-order valence-electron chi connectivity index (χ0n) is 14.0. The summed E-state index contributed by atoms with van der Waals surface area (Å²) < 4.78 is 39.2. The number of hydrogen-bond acceptors (Lipinski definition) is 4. The molecule has 0 unspecified atom stereocenters. The van der Waals surface area contributed by atoms with Gasteiger partial charge in [0.05, 0.1) is 19.9 Å². The number of anilines is 1. The first-order valence-electron chi connectivity index (χ1n) is 7.36. The van der Waals surface area contributed by atoms with Gasteiger partial charge in [-0.1, -0.05) is 25.1 Å². The van der Waals surface area contributed by atoms with Crippen LogP contribution in [0.25, 0.3) is 0 Å². The molecule has 0 bridgehead atoms. The lowest BCUT2D eigenvalue weighted by atomic mass is 10.1. The van der Waals surface area contributed by atoms with Gasteiger partial charge in [-0.2, -0.15) is 0 Å².